The molecular weight excluding hydrogens is 324 g/mol. The molecule has 5 nitrogen and oxygen atoms in total. The Labute approximate surface area is 154 Å². The average molecular weight is 346 g/mol. The van der Waals surface area contributed by atoms with E-state index in [1.165, 1.54) is 11.1 Å². The molecule has 2 aromatic heterocycles. The first kappa shape index (κ1) is 17.7. The zero-order chi connectivity index (χ0) is 18.2. The molecule has 0 saturated heterocycles. The largest absolute Gasteiger partial charge is 0.481 e. The molecule has 0 bridgehead atoms. The van der Waals surface area contributed by atoms with Gasteiger partial charge < -0.3 is 10.1 Å². The molecule has 26 heavy (non-hydrogen) atoms. The summed E-state index contributed by atoms with van der Waals surface area (Å²) >= 11 is 0. The second kappa shape index (κ2) is 8.84. The van der Waals surface area contributed by atoms with Crippen LogP contribution in [0.2, 0.25) is 0 Å². The van der Waals surface area contributed by atoms with Crippen LogP contribution in [0.25, 0.3) is 11.3 Å². The Morgan fingerprint density at radius 2 is 1.92 bits per heavy atom. The van der Waals surface area contributed by atoms with Gasteiger partial charge in [-0.1, -0.05) is 18.1 Å². The fourth-order valence-electron chi connectivity index (χ4n) is 2.75. The number of hydrogen-bond donors (Lipinski definition) is 1. The maximum absolute atomic E-state index is 5.39. The summed E-state index contributed by atoms with van der Waals surface area (Å²) in [7, 11) is 1.94. The Morgan fingerprint density at radius 3 is 2.65 bits per heavy atom. The Bertz CT molecular complexity index is 863. The molecule has 2 heterocycles. The molecule has 3 rings (SSSR count). The predicted molar refractivity (Wildman–Crippen MR) is 103 cm³/mol. The van der Waals surface area contributed by atoms with E-state index in [1.54, 1.807) is 12.4 Å². The second-order valence-corrected chi connectivity index (χ2v) is 5.98. The predicted octanol–water partition coefficient (Wildman–Crippen LogP) is 2.83. The lowest BCUT2D eigenvalue weighted by atomic mass is 10.1. The first-order valence-corrected chi connectivity index (χ1v) is 8.55. The van der Waals surface area contributed by atoms with Gasteiger partial charge in [0, 0.05) is 43.3 Å². The summed E-state index contributed by atoms with van der Waals surface area (Å²) in [4.78, 5) is 4.07. The van der Waals surface area contributed by atoms with Crippen molar-refractivity contribution in [3.63, 3.8) is 0 Å². The number of terminal acetylenes is 1. The van der Waals surface area contributed by atoms with E-state index in [2.05, 4.69) is 39.6 Å². The Kier molecular flexibility index (Phi) is 6.02. The molecule has 0 aliphatic rings. The quantitative estimate of drug-likeness (QED) is 0.503. The van der Waals surface area contributed by atoms with E-state index >= 15 is 0 Å². The van der Waals surface area contributed by atoms with Gasteiger partial charge in [-0.15, -0.1) is 6.42 Å². The van der Waals surface area contributed by atoms with Gasteiger partial charge in [0.1, 0.15) is 12.4 Å². The highest BCUT2D eigenvalue weighted by Gasteiger charge is 2.09. The van der Waals surface area contributed by atoms with Gasteiger partial charge >= 0.3 is 0 Å². The Balaban J connectivity index is 1.52. The van der Waals surface area contributed by atoms with Gasteiger partial charge in [-0.25, -0.2) is 0 Å². The van der Waals surface area contributed by atoms with Crippen LogP contribution in [0, 0.1) is 12.3 Å². The number of benzene rings is 1. The van der Waals surface area contributed by atoms with E-state index in [1.807, 2.05) is 36.0 Å². The molecule has 3 aromatic rings. The van der Waals surface area contributed by atoms with Gasteiger partial charge in [0.15, 0.2) is 0 Å². The van der Waals surface area contributed by atoms with Crippen molar-refractivity contribution in [2.75, 3.05) is 13.2 Å². The number of nitrogens with one attached hydrogen (secondary N) is 1. The van der Waals surface area contributed by atoms with Crippen LogP contribution in [0.1, 0.15) is 11.1 Å². The topological polar surface area (TPSA) is 52.0 Å². The third-order valence-corrected chi connectivity index (χ3v) is 4.01. The van der Waals surface area contributed by atoms with Crippen LogP contribution in [0.4, 0.5) is 0 Å². The summed E-state index contributed by atoms with van der Waals surface area (Å²) in [6.07, 6.45) is 11.8. The summed E-state index contributed by atoms with van der Waals surface area (Å²) in [5.41, 5.74) is 4.51. The minimum Gasteiger partial charge on any atom is -0.481 e. The van der Waals surface area contributed by atoms with Gasteiger partial charge in [0.05, 0.1) is 5.69 Å². The number of pyridine rings is 1. The fourth-order valence-corrected chi connectivity index (χ4v) is 2.75. The lowest BCUT2D eigenvalue weighted by Gasteiger charge is -2.07. The monoisotopic (exact) mass is 346 g/mol. The van der Waals surface area contributed by atoms with Crippen molar-refractivity contribution in [1.29, 1.82) is 0 Å². The molecule has 1 N–H and O–H groups in total. The number of nitrogens with zero attached hydrogens (tertiary/aromatic N) is 3. The standard InChI is InChI=1S/C21H22N4O/c1-3-14-26-20-6-4-17(5-7-20)8-11-23-15-19-16-25(2)24-21(19)18-9-12-22-13-10-18/h1,4-7,9-10,12-13,16,23H,8,11,14-15H2,2H3. The van der Waals surface area contributed by atoms with Gasteiger partial charge in [-0.05, 0) is 42.8 Å². The van der Waals surface area contributed by atoms with Crippen molar-refractivity contribution in [2.24, 2.45) is 7.05 Å². The smallest absolute Gasteiger partial charge is 0.148 e. The number of aryl methyl sites for hydroxylation is 1. The van der Waals surface area contributed by atoms with E-state index in [9.17, 15) is 0 Å². The number of hydrogen-bond acceptors (Lipinski definition) is 4. The van der Waals surface area contributed by atoms with Gasteiger partial charge in [-0.2, -0.15) is 5.10 Å². The summed E-state index contributed by atoms with van der Waals surface area (Å²) in [5, 5.41) is 8.07. The highest BCUT2D eigenvalue weighted by molar-refractivity contribution is 5.61. The Morgan fingerprint density at radius 1 is 1.15 bits per heavy atom. The zero-order valence-corrected chi connectivity index (χ0v) is 14.9. The number of aromatic nitrogens is 3. The van der Waals surface area contributed by atoms with Crippen molar-refractivity contribution in [3.05, 3.63) is 66.1 Å². The molecular formula is C21H22N4O. The van der Waals surface area contributed by atoms with E-state index in [0.29, 0.717) is 6.61 Å². The summed E-state index contributed by atoms with van der Waals surface area (Å²) < 4.78 is 7.23. The van der Waals surface area contributed by atoms with Gasteiger partial charge in [0.25, 0.3) is 0 Å². The molecule has 1 aromatic carbocycles. The summed E-state index contributed by atoms with van der Waals surface area (Å²) in [6, 6.07) is 12.0. The lowest BCUT2D eigenvalue weighted by Crippen LogP contribution is -2.16. The maximum Gasteiger partial charge on any atom is 0.148 e. The zero-order valence-electron chi connectivity index (χ0n) is 14.9. The summed E-state index contributed by atoms with van der Waals surface area (Å²) in [6.45, 7) is 1.95. The van der Waals surface area contributed by atoms with E-state index < -0.39 is 0 Å². The van der Waals surface area contributed by atoms with Crippen LogP contribution < -0.4 is 10.1 Å². The van der Waals surface area contributed by atoms with Crippen molar-refractivity contribution >= 4 is 0 Å². The Hall–Kier alpha value is -3.10. The van der Waals surface area contributed by atoms with Gasteiger partial charge in [0.2, 0.25) is 0 Å². The lowest BCUT2D eigenvalue weighted by molar-refractivity contribution is 0.370. The van der Waals surface area contributed by atoms with Crippen molar-refractivity contribution in [1.82, 2.24) is 20.1 Å². The number of rotatable bonds is 8. The number of ether oxygens (including phenoxy) is 1. The molecule has 0 aliphatic heterocycles. The summed E-state index contributed by atoms with van der Waals surface area (Å²) in [5.74, 6) is 3.27. The third kappa shape index (κ3) is 4.71. The molecule has 0 radical (unpaired) electrons. The molecule has 0 aliphatic carbocycles. The average Bonchev–Trinajstić information content (AvgIpc) is 3.06. The van der Waals surface area contributed by atoms with Crippen LogP contribution >= 0.6 is 0 Å². The molecule has 0 atom stereocenters. The van der Waals surface area contributed by atoms with E-state index in [4.69, 9.17) is 11.2 Å². The van der Waals surface area contributed by atoms with Crippen LogP contribution in [-0.4, -0.2) is 27.9 Å². The third-order valence-electron chi connectivity index (χ3n) is 4.01. The normalized spacial score (nSPS) is 10.5. The van der Waals surface area contributed by atoms with Crippen LogP contribution in [0.3, 0.4) is 0 Å². The molecule has 0 saturated carbocycles. The first-order valence-electron chi connectivity index (χ1n) is 8.55. The van der Waals surface area contributed by atoms with Gasteiger partial charge in [-0.3, -0.25) is 9.67 Å². The SMILES string of the molecule is C#CCOc1ccc(CCNCc2cn(C)nc2-c2ccncc2)cc1. The van der Waals surface area contributed by atoms with E-state index in [0.717, 1.165) is 36.5 Å². The van der Waals surface area contributed by atoms with Crippen LogP contribution in [0.15, 0.2) is 55.0 Å². The first-order chi connectivity index (χ1) is 12.8. The van der Waals surface area contributed by atoms with Crippen molar-refractivity contribution in [3.8, 4) is 29.4 Å². The second-order valence-electron chi connectivity index (χ2n) is 5.98. The molecule has 5 heteroatoms. The van der Waals surface area contributed by atoms with Crippen LogP contribution in [-0.2, 0) is 20.0 Å². The molecule has 132 valence electrons. The molecule has 0 fully saturated rings. The van der Waals surface area contributed by atoms with E-state index in [-0.39, 0.29) is 0 Å². The minimum absolute atomic E-state index is 0.297. The highest BCUT2D eigenvalue weighted by Crippen LogP contribution is 2.20. The van der Waals surface area contributed by atoms with Crippen LogP contribution in [0.5, 0.6) is 5.75 Å². The van der Waals surface area contributed by atoms with Crippen molar-refractivity contribution in [2.45, 2.75) is 13.0 Å². The highest BCUT2D eigenvalue weighted by atomic mass is 16.5. The molecule has 0 amide bonds. The minimum atomic E-state index is 0.297. The fraction of sp³-hybridized carbons (Fsp3) is 0.238. The van der Waals surface area contributed by atoms with Crippen molar-refractivity contribution < 1.29 is 4.74 Å². The maximum atomic E-state index is 5.39. The molecule has 0 spiro atoms. The molecule has 0 unspecified atom stereocenters.